The van der Waals surface area contributed by atoms with Crippen LogP contribution in [0.2, 0.25) is 0 Å². The van der Waals surface area contributed by atoms with Crippen molar-refractivity contribution in [2.75, 3.05) is 6.54 Å². The Kier molecular flexibility index (Phi) is 2.88. The minimum Gasteiger partial charge on any atom is -0.328 e. The first-order valence-electron chi connectivity index (χ1n) is 7.23. The van der Waals surface area contributed by atoms with E-state index in [9.17, 15) is 4.79 Å². The molecule has 2 aromatic heterocycles. The van der Waals surface area contributed by atoms with Crippen LogP contribution in [0.5, 0.6) is 0 Å². The van der Waals surface area contributed by atoms with E-state index in [1.165, 1.54) is 0 Å². The molecular weight excluding hydrogens is 282 g/mol. The topological polar surface area (TPSA) is 103 Å². The van der Waals surface area contributed by atoms with Gasteiger partial charge in [-0.3, -0.25) is 9.89 Å². The van der Waals surface area contributed by atoms with E-state index in [4.69, 9.17) is 0 Å². The number of carbonyl (C=O) groups is 1. The molecule has 0 saturated carbocycles. The highest BCUT2D eigenvalue weighted by molar-refractivity contribution is 5.97. The van der Waals surface area contributed by atoms with E-state index in [-0.39, 0.29) is 11.9 Å². The number of aromatic nitrogens is 6. The molecule has 3 aromatic rings. The molecule has 1 saturated heterocycles. The lowest BCUT2D eigenvalue weighted by atomic mass is 10.1. The van der Waals surface area contributed by atoms with Crippen LogP contribution in [-0.2, 0) is 0 Å². The van der Waals surface area contributed by atoms with E-state index in [2.05, 4.69) is 30.6 Å². The van der Waals surface area contributed by atoms with Gasteiger partial charge in [-0.1, -0.05) is 0 Å². The van der Waals surface area contributed by atoms with Crippen molar-refractivity contribution >= 4 is 16.9 Å². The molecule has 1 aliphatic rings. The maximum Gasteiger partial charge on any atom is 0.254 e. The van der Waals surface area contributed by atoms with Gasteiger partial charge in [-0.25, -0.2) is 4.98 Å². The molecule has 1 fully saturated rings. The van der Waals surface area contributed by atoms with Crippen molar-refractivity contribution in [2.24, 2.45) is 0 Å². The first-order chi connectivity index (χ1) is 10.7. The number of aryl methyl sites for hydroxylation is 1. The molecule has 8 heteroatoms. The van der Waals surface area contributed by atoms with Gasteiger partial charge >= 0.3 is 0 Å². The smallest absolute Gasteiger partial charge is 0.254 e. The Balaban J connectivity index is 1.65. The lowest BCUT2D eigenvalue weighted by Gasteiger charge is -2.22. The number of H-pyrrole nitrogens is 2. The van der Waals surface area contributed by atoms with E-state index < -0.39 is 0 Å². The monoisotopic (exact) mass is 297 g/mol. The summed E-state index contributed by atoms with van der Waals surface area (Å²) in [5, 5.41) is 17.6. The number of amides is 1. The van der Waals surface area contributed by atoms with Gasteiger partial charge < -0.3 is 4.90 Å². The van der Waals surface area contributed by atoms with Gasteiger partial charge in [-0.05, 0) is 38.0 Å². The number of nitrogens with one attached hydrogen (secondary N) is 2. The van der Waals surface area contributed by atoms with Crippen molar-refractivity contribution < 1.29 is 4.79 Å². The molecule has 2 N–H and O–H groups in total. The number of rotatable bonds is 2. The first-order valence-corrected chi connectivity index (χ1v) is 7.23. The lowest BCUT2D eigenvalue weighted by molar-refractivity contribution is 0.0730. The van der Waals surface area contributed by atoms with Crippen LogP contribution >= 0.6 is 0 Å². The first kappa shape index (κ1) is 12.9. The van der Waals surface area contributed by atoms with Crippen LogP contribution in [0.3, 0.4) is 0 Å². The average molecular weight is 297 g/mol. The van der Waals surface area contributed by atoms with E-state index in [1.54, 1.807) is 18.2 Å². The Hall–Kier alpha value is -2.77. The van der Waals surface area contributed by atoms with Gasteiger partial charge in [0.1, 0.15) is 16.9 Å². The molecule has 1 aromatic carbocycles. The summed E-state index contributed by atoms with van der Waals surface area (Å²) < 4.78 is 0. The van der Waals surface area contributed by atoms with Crippen LogP contribution in [0.1, 0.15) is 40.9 Å². The van der Waals surface area contributed by atoms with Crippen molar-refractivity contribution in [1.29, 1.82) is 0 Å². The van der Waals surface area contributed by atoms with Crippen LogP contribution in [0.25, 0.3) is 11.0 Å². The third-order valence-electron chi connectivity index (χ3n) is 3.99. The maximum absolute atomic E-state index is 12.8. The highest BCUT2D eigenvalue weighted by atomic mass is 16.2. The molecule has 0 radical (unpaired) electrons. The second-order valence-electron chi connectivity index (χ2n) is 5.46. The number of hydrogen-bond acceptors (Lipinski definition) is 5. The second kappa shape index (κ2) is 4.90. The summed E-state index contributed by atoms with van der Waals surface area (Å²) in [6.45, 7) is 2.57. The highest BCUT2D eigenvalue weighted by Gasteiger charge is 2.33. The summed E-state index contributed by atoms with van der Waals surface area (Å²) in [5.41, 5.74) is 2.05. The fourth-order valence-corrected chi connectivity index (χ4v) is 2.93. The molecule has 112 valence electrons. The molecule has 1 amide bonds. The van der Waals surface area contributed by atoms with Gasteiger partial charge in [0.25, 0.3) is 5.91 Å². The summed E-state index contributed by atoms with van der Waals surface area (Å²) in [7, 11) is 0. The van der Waals surface area contributed by atoms with Gasteiger partial charge in [-0.2, -0.15) is 20.5 Å². The summed E-state index contributed by atoms with van der Waals surface area (Å²) >= 11 is 0. The van der Waals surface area contributed by atoms with E-state index in [0.29, 0.717) is 23.4 Å². The minimum atomic E-state index is -0.0644. The van der Waals surface area contributed by atoms with Gasteiger partial charge in [0.15, 0.2) is 5.82 Å². The Morgan fingerprint density at radius 2 is 2.14 bits per heavy atom. The molecule has 22 heavy (non-hydrogen) atoms. The minimum absolute atomic E-state index is 0.0187. The molecule has 0 bridgehead atoms. The Bertz CT molecular complexity index is 836. The summed E-state index contributed by atoms with van der Waals surface area (Å²) in [4.78, 5) is 19.0. The Labute approximate surface area is 125 Å². The van der Waals surface area contributed by atoms with Gasteiger partial charge in [0, 0.05) is 12.1 Å². The predicted molar refractivity (Wildman–Crippen MR) is 78.0 cm³/mol. The third kappa shape index (κ3) is 2.03. The molecular formula is C14H15N7O. The van der Waals surface area contributed by atoms with Gasteiger partial charge in [-0.15, -0.1) is 0 Å². The highest BCUT2D eigenvalue weighted by Crippen LogP contribution is 2.31. The normalized spacial score (nSPS) is 18.2. The summed E-state index contributed by atoms with van der Waals surface area (Å²) in [6.07, 6.45) is 1.84. The van der Waals surface area contributed by atoms with Gasteiger partial charge in [0.05, 0.1) is 6.04 Å². The van der Waals surface area contributed by atoms with Crippen molar-refractivity contribution in [2.45, 2.75) is 25.8 Å². The van der Waals surface area contributed by atoms with Crippen LogP contribution in [-0.4, -0.2) is 47.9 Å². The quantitative estimate of drug-likeness (QED) is 0.743. The van der Waals surface area contributed by atoms with Crippen LogP contribution in [0, 0.1) is 6.92 Å². The largest absolute Gasteiger partial charge is 0.328 e. The summed E-state index contributed by atoms with van der Waals surface area (Å²) in [5.74, 6) is 1.43. The number of aromatic amines is 2. The van der Waals surface area contributed by atoms with Crippen LogP contribution in [0.15, 0.2) is 18.2 Å². The summed E-state index contributed by atoms with van der Waals surface area (Å²) in [6, 6.07) is 5.28. The fourth-order valence-electron chi connectivity index (χ4n) is 2.93. The zero-order chi connectivity index (χ0) is 15.1. The van der Waals surface area contributed by atoms with Crippen molar-refractivity contribution in [3.05, 3.63) is 35.4 Å². The molecule has 1 aliphatic heterocycles. The maximum atomic E-state index is 12.8. The number of benzene rings is 1. The molecule has 0 spiro atoms. The predicted octanol–water partition coefficient (Wildman–Crippen LogP) is 1.36. The average Bonchev–Trinajstić information content (AvgIpc) is 3.25. The molecule has 4 rings (SSSR count). The van der Waals surface area contributed by atoms with E-state index in [0.717, 1.165) is 24.2 Å². The number of hydrogen-bond donors (Lipinski definition) is 2. The van der Waals surface area contributed by atoms with E-state index in [1.807, 2.05) is 11.8 Å². The zero-order valence-corrected chi connectivity index (χ0v) is 12.1. The van der Waals surface area contributed by atoms with Crippen molar-refractivity contribution in [3.8, 4) is 0 Å². The lowest BCUT2D eigenvalue weighted by Crippen LogP contribution is -2.31. The van der Waals surface area contributed by atoms with Crippen molar-refractivity contribution in [1.82, 2.24) is 35.5 Å². The fraction of sp³-hybridized carbons (Fsp3) is 0.357. The van der Waals surface area contributed by atoms with E-state index >= 15 is 0 Å². The molecule has 3 heterocycles. The standard InChI is InChI=1S/C14H15N7O/c1-8-15-13(19-16-8)12-3-2-6-21(12)14(22)9-4-5-10-11(7-9)18-20-17-10/h4-5,7,12H,2-3,6H2,1H3,(H,15,16,19)(H,17,18,20)/t12-/m0/s1. The van der Waals surface area contributed by atoms with Crippen LogP contribution < -0.4 is 0 Å². The number of fused-ring (bicyclic) bond motifs is 1. The van der Waals surface area contributed by atoms with Gasteiger partial charge in [0.2, 0.25) is 0 Å². The Morgan fingerprint density at radius 3 is 2.95 bits per heavy atom. The number of likely N-dealkylation sites (tertiary alicyclic amines) is 1. The molecule has 0 unspecified atom stereocenters. The number of nitrogens with zero attached hydrogens (tertiary/aromatic N) is 5. The molecule has 8 nitrogen and oxygen atoms in total. The van der Waals surface area contributed by atoms with Crippen LogP contribution in [0.4, 0.5) is 0 Å². The third-order valence-corrected chi connectivity index (χ3v) is 3.99. The molecule has 1 atom stereocenters. The van der Waals surface area contributed by atoms with Crippen molar-refractivity contribution in [3.63, 3.8) is 0 Å². The SMILES string of the molecule is Cc1nc([C@@H]2CCCN2C(=O)c2ccc3n[nH]nc3c2)n[nH]1. The second-order valence-corrected chi connectivity index (χ2v) is 5.46. The molecule has 0 aliphatic carbocycles. The number of carbonyl (C=O) groups excluding carboxylic acids is 1. The Morgan fingerprint density at radius 1 is 1.27 bits per heavy atom. The zero-order valence-electron chi connectivity index (χ0n) is 12.1.